The van der Waals surface area contributed by atoms with Gasteiger partial charge in [-0.05, 0) is 25.0 Å². The van der Waals surface area contributed by atoms with Gasteiger partial charge in [-0.15, -0.1) is 0 Å². The summed E-state index contributed by atoms with van der Waals surface area (Å²) in [5.41, 5.74) is 1.14. The van der Waals surface area contributed by atoms with Gasteiger partial charge in [0.25, 0.3) is 0 Å². The Morgan fingerprint density at radius 1 is 1.21 bits per heavy atom. The molecule has 1 unspecified atom stereocenters. The van der Waals surface area contributed by atoms with Crippen LogP contribution < -0.4 is 10.1 Å². The quantitative estimate of drug-likeness (QED) is 0.646. The monoisotopic (exact) mass is 265 g/mol. The van der Waals surface area contributed by atoms with Gasteiger partial charge < -0.3 is 14.8 Å². The van der Waals surface area contributed by atoms with Crippen molar-refractivity contribution in [1.82, 2.24) is 0 Å². The standard InChI is InChI=1S/C16H27NO2/c1-4-6-8-14(5-2)17-15-9-7-10-16(13-15)19-12-11-18-3/h7,9-10,13-14,17H,4-6,8,11-12H2,1-3H3. The van der Waals surface area contributed by atoms with Gasteiger partial charge in [-0.1, -0.05) is 32.8 Å². The zero-order valence-corrected chi connectivity index (χ0v) is 12.4. The molecule has 1 rings (SSSR count). The number of ether oxygens (including phenoxy) is 2. The molecule has 0 heterocycles. The SMILES string of the molecule is CCCCC(CC)Nc1cccc(OCCOC)c1. The molecule has 1 aromatic carbocycles. The molecule has 0 bridgehead atoms. The molecule has 0 amide bonds. The Labute approximate surface area is 117 Å². The highest BCUT2D eigenvalue weighted by molar-refractivity contribution is 5.48. The molecule has 19 heavy (non-hydrogen) atoms. The fraction of sp³-hybridized carbons (Fsp3) is 0.625. The molecular formula is C16H27NO2. The van der Waals surface area contributed by atoms with E-state index in [0.29, 0.717) is 19.3 Å². The number of rotatable bonds is 10. The zero-order valence-electron chi connectivity index (χ0n) is 12.4. The second-order valence-electron chi connectivity index (χ2n) is 4.76. The molecule has 0 aromatic heterocycles. The maximum Gasteiger partial charge on any atom is 0.121 e. The minimum Gasteiger partial charge on any atom is -0.491 e. The molecule has 1 N–H and O–H groups in total. The summed E-state index contributed by atoms with van der Waals surface area (Å²) in [5, 5.41) is 3.58. The van der Waals surface area contributed by atoms with E-state index in [-0.39, 0.29) is 0 Å². The van der Waals surface area contributed by atoms with Crippen molar-refractivity contribution in [3.05, 3.63) is 24.3 Å². The van der Waals surface area contributed by atoms with Crippen LogP contribution in [0.4, 0.5) is 5.69 Å². The van der Waals surface area contributed by atoms with E-state index in [9.17, 15) is 0 Å². The highest BCUT2D eigenvalue weighted by Gasteiger charge is 2.06. The van der Waals surface area contributed by atoms with Crippen LogP contribution in [0.2, 0.25) is 0 Å². The number of hydrogen-bond acceptors (Lipinski definition) is 3. The molecule has 0 aliphatic carbocycles. The third kappa shape index (κ3) is 6.48. The normalized spacial score (nSPS) is 12.2. The lowest BCUT2D eigenvalue weighted by molar-refractivity contribution is 0.146. The number of methoxy groups -OCH3 is 1. The lowest BCUT2D eigenvalue weighted by Crippen LogP contribution is -2.18. The minimum absolute atomic E-state index is 0.550. The molecular weight excluding hydrogens is 238 g/mol. The van der Waals surface area contributed by atoms with Gasteiger partial charge in [-0.25, -0.2) is 0 Å². The van der Waals surface area contributed by atoms with Crippen molar-refractivity contribution in [2.45, 2.75) is 45.6 Å². The van der Waals surface area contributed by atoms with Crippen LogP contribution in [0.1, 0.15) is 39.5 Å². The van der Waals surface area contributed by atoms with Crippen LogP contribution in [0.15, 0.2) is 24.3 Å². The molecule has 0 fully saturated rings. The average Bonchev–Trinajstić information content (AvgIpc) is 2.44. The lowest BCUT2D eigenvalue weighted by Gasteiger charge is -2.18. The van der Waals surface area contributed by atoms with Gasteiger partial charge in [0.1, 0.15) is 12.4 Å². The van der Waals surface area contributed by atoms with E-state index in [1.165, 1.54) is 19.3 Å². The summed E-state index contributed by atoms with van der Waals surface area (Å²) in [6.07, 6.45) is 4.89. The molecule has 1 aromatic rings. The Morgan fingerprint density at radius 3 is 2.74 bits per heavy atom. The van der Waals surface area contributed by atoms with Gasteiger partial charge in [0.2, 0.25) is 0 Å². The Hall–Kier alpha value is -1.22. The molecule has 108 valence electrons. The van der Waals surface area contributed by atoms with Crippen molar-refractivity contribution in [2.24, 2.45) is 0 Å². The summed E-state index contributed by atoms with van der Waals surface area (Å²) in [5.74, 6) is 0.896. The molecule has 0 aliphatic rings. The predicted molar refractivity (Wildman–Crippen MR) is 81.0 cm³/mol. The second kappa shape index (κ2) is 9.68. The second-order valence-corrected chi connectivity index (χ2v) is 4.76. The summed E-state index contributed by atoms with van der Waals surface area (Å²) < 4.78 is 10.6. The van der Waals surface area contributed by atoms with Gasteiger partial charge in [-0.2, -0.15) is 0 Å². The van der Waals surface area contributed by atoms with Crippen molar-refractivity contribution >= 4 is 5.69 Å². The number of nitrogens with one attached hydrogen (secondary N) is 1. The van der Waals surface area contributed by atoms with Gasteiger partial charge in [0.15, 0.2) is 0 Å². The van der Waals surface area contributed by atoms with Crippen LogP contribution in [0, 0.1) is 0 Å². The van der Waals surface area contributed by atoms with Crippen molar-refractivity contribution in [3.8, 4) is 5.75 Å². The van der Waals surface area contributed by atoms with E-state index in [0.717, 1.165) is 17.9 Å². The van der Waals surface area contributed by atoms with Crippen LogP contribution in [0.3, 0.4) is 0 Å². The maximum absolute atomic E-state index is 5.62. The molecule has 0 spiro atoms. The number of unbranched alkanes of at least 4 members (excludes halogenated alkanes) is 1. The van der Waals surface area contributed by atoms with Gasteiger partial charge in [0.05, 0.1) is 6.61 Å². The molecule has 0 radical (unpaired) electrons. The Bertz CT molecular complexity index is 341. The summed E-state index contributed by atoms with van der Waals surface area (Å²) in [6.45, 7) is 5.67. The minimum atomic E-state index is 0.550. The Balaban J connectivity index is 2.49. The fourth-order valence-corrected chi connectivity index (χ4v) is 1.98. The zero-order chi connectivity index (χ0) is 13.9. The van der Waals surface area contributed by atoms with E-state index < -0.39 is 0 Å². The summed E-state index contributed by atoms with van der Waals surface area (Å²) >= 11 is 0. The smallest absolute Gasteiger partial charge is 0.121 e. The van der Waals surface area contributed by atoms with Crippen LogP contribution in [0.25, 0.3) is 0 Å². The third-order valence-electron chi connectivity index (χ3n) is 3.16. The molecule has 0 saturated heterocycles. The third-order valence-corrected chi connectivity index (χ3v) is 3.16. The number of anilines is 1. The summed E-state index contributed by atoms with van der Waals surface area (Å²) in [6, 6.07) is 8.71. The van der Waals surface area contributed by atoms with Crippen LogP contribution in [-0.2, 0) is 4.74 Å². The molecule has 3 nitrogen and oxygen atoms in total. The largest absolute Gasteiger partial charge is 0.491 e. The van der Waals surface area contributed by atoms with Crippen molar-refractivity contribution in [2.75, 3.05) is 25.6 Å². The number of hydrogen-bond donors (Lipinski definition) is 1. The molecule has 0 saturated carbocycles. The van der Waals surface area contributed by atoms with Gasteiger partial charge >= 0.3 is 0 Å². The van der Waals surface area contributed by atoms with Gasteiger partial charge in [0, 0.05) is 24.9 Å². The van der Waals surface area contributed by atoms with Crippen LogP contribution in [-0.4, -0.2) is 26.4 Å². The highest BCUT2D eigenvalue weighted by Crippen LogP contribution is 2.20. The molecule has 1 atom stereocenters. The van der Waals surface area contributed by atoms with E-state index >= 15 is 0 Å². The lowest BCUT2D eigenvalue weighted by atomic mass is 10.1. The van der Waals surface area contributed by atoms with Crippen molar-refractivity contribution in [3.63, 3.8) is 0 Å². The van der Waals surface area contributed by atoms with Crippen molar-refractivity contribution < 1.29 is 9.47 Å². The van der Waals surface area contributed by atoms with Gasteiger partial charge in [-0.3, -0.25) is 0 Å². The predicted octanol–water partition coefficient (Wildman–Crippen LogP) is 4.09. The molecule has 0 aliphatic heterocycles. The Morgan fingerprint density at radius 2 is 2.05 bits per heavy atom. The highest BCUT2D eigenvalue weighted by atomic mass is 16.5. The number of benzene rings is 1. The van der Waals surface area contributed by atoms with E-state index in [2.05, 4.69) is 31.3 Å². The fourth-order valence-electron chi connectivity index (χ4n) is 1.98. The van der Waals surface area contributed by atoms with Crippen LogP contribution >= 0.6 is 0 Å². The summed E-state index contributed by atoms with van der Waals surface area (Å²) in [4.78, 5) is 0. The van der Waals surface area contributed by atoms with Crippen LogP contribution in [0.5, 0.6) is 5.75 Å². The topological polar surface area (TPSA) is 30.5 Å². The average molecular weight is 265 g/mol. The first-order valence-electron chi connectivity index (χ1n) is 7.28. The Kier molecular flexibility index (Phi) is 8.07. The first-order valence-corrected chi connectivity index (χ1v) is 7.28. The summed E-state index contributed by atoms with van der Waals surface area (Å²) in [7, 11) is 1.68. The van der Waals surface area contributed by atoms with E-state index in [1.807, 2.05) is 12.1 Å². The van der Waals surface area contributed by atoms with Crippen molar-refractivity contribution in [1.29, 1.82) is 0 Å². The van der Waals surface area contributed by atoms with E-state index in [4.69, 9.17) is 9.47 Å². The first kappa shape index (κ1) is 15.8. The molecule has 3 heteroatoms. The maximum atomic E-state index is 5.62. The first-order chi connectivity index (χ1) is 9.30. The van der Waals surface area contributed by atoms with E-state index in [1.54, 1.807) is 7.11 Å².